The summed E-state index contributed by atoms with van der Waals surface area (Å²) < 4.78 is 2.81. The van der Waals surface area contributed by atoms with Gasteiger partial charge in [-0.25, -0.2) is 4.68 Å². The Kier molecular flexibility index (Phi) is 3.91. The van der Waals surface area contributed by atoms with Crippen molar-refractivity contribution in [2.45, 2.75) is 19.4 Å². The highest BCUT2D eigenvalue weighted by Crippen LogP contribution is 2.19. The summed E-state index contributed by atoms with van der Waals surface area (Å²) >= 11 is 3.51. The summed E-state index contributed by atoms with van der Waals surface area (Å²) in [6, 6.07) is 8.36. The molecule has 0 aliphatic carbocycles. The standard InChI is InChI=1S/C12H15BrN4/c1-9(14-2)7-10-8-17(16-15-10)12-6-4-3-5-11(12)13/h3-6,8-9,14H,7H2,1-2H3. The van der Waals surface area contributed by atoms with E-state index in [9.17, 15) is 0 Å². The van der Waals surface area contributed by atoms with Gasteiger partial charge in [-0.1, -0.05) is 17.3 Å². The van der Waals surface area contributed by atoms with Gasteiger partial charge in [-0.2, -0.15) is 0 Å². The average molecular weight is 295 g/mol. The second kappa shape index (κ2) is 5.42. The first kappa shape index (κ1) is 12.3. The summed E-state index contributed by atoms with van der Waals surface area (Å²) in [7, 11) is 1.95. The summed E-state index contributed by atoms with van der Waals surface area (Å²) in [4.78, 5) is 0. The second-order valence-corrected chi connectivity index (χ2v) is 4.85. The molecule has 1 aromatic heterocycles. The summed E-state index contributed by atoms with van der Waals surface area (Å²) in [5.74, 6) is 0. The largest absolute Gasteiger partial charge is 0.317 e. The van der Waals surface area contributed by atoms with Gasteiger partial charge in [0.15, 0.2) is 0 Å². The normalized spacial score (nSPS) is 12.6. The number of para-hydroxylation sites is 1. The molecule has 0 spiro atoms. The van der Waals surface area contributed by atoms with E-state index in [0.717, 1.165) is 22.3 Å². The fraction of sp³-hybridized carbons (Fsp3) is 0.333. The molecule has 1 heterocycles. The first-order valence-corrected chi connectivity index (χ1v) is 6.33. The Balaban J connectivity index is 2.21. The lowest BCUT2D eigenvalue weighted by molar-refractivity contribution is 0.599. The summed E-state index contributed by atoms with van der Waals surface area (Å²) in [5.41, 5.74) is 1.99. The van der Waals surface area contributed by atoms with E-state index in [4.69, 9.17) is 0 Å². The predicted molar refractivity (Wildman–Crippen MR) is 71.3 cm³/mol. The molecule has 0 bridgehead atoms. The third-order valence-electron chi connectivity index (χ3n) is 2.65. The number of likely N-dealkylation sites (N-methyl/N-ethyl adjacent to an activating group) is 1. The Bertz CT molecular complexity index is 495. The first-order chi connectivity index (χ1) is 8.20. The second-order valence-electron chi connectivity index (χ2n) is 4.00. The van der Waals surface area contributed by atoms with E-state index in [1.165, 1.54) is 0 Å². The molecule has 17 heavy (non-hydrogen) atoms. The Morgan fingerprint density at radius 3 is 2.88 bits per heavy atom. The minimum Gasteiger partial charge on any atom is -0.317 e. The Morgan fingerprint density at radius 1 is 1.41 bits per heavy atom. The van der Waals surface area contributed by atoms with Crippen LogP contribution in [0.5, 0.6) is 0 Å². The molecule has 0 saturated carbocycles. The van der Waals surface area contributed by atoms with Gasteiger partial charge in [-0.05, 0) is 42.0 Å². The minimum atomic E-state index is 0.402. The smallest absolute Gasteiger partial charge is 0.0847 e. The number of nitrogens with zero attached hydrogens (tertiary/aromatic N) is 3. The molecule has 0 amide bonds. The molecule has 0 radical (unpaired) electrons. The maximum atomic E-state index is 4.17. The third-order valence-corrected chi connectivity index (χ3v) is 3.32. The molecule has 0 aliphatic heterocycles. The molecule has 2 aromatic rings. The van der Waals surface area contributed by atoms with Crippen LogP contribution in [0.2, 0.25) is 0 Å². The van der Waals surface area contributed by atoms with Crippen molar-refractivity contribution < 1.29 is 0 Å². The van der Waals surface area contributed by atoms with Crippen LogP contribution in [0.3, 0.4) is 0 Å². The molecule has 90 valence electrons. The van der Waals surface area contributed by atoms with Crippen molar-refractivity contribution in [2.75, 3.05) is 7.05 Å². The van der Waals surface area contributed by atoms with Crippen LogP contribution in [0.25, 0.3) is 5.69 Å². The molecular formula is C12H15BrN4. The van der Waals surface area contributed by atoms with Crippen molar-refractivity contribution >= 4 is 15.9 Å². The average Bonchev–Trinajstić information content (AvgIpc) is 2.78. The predicted octanol–water partition coefficient (Wildman–Crippen LogP) is 2.18. The quantitative estimate of drug-likeness (QED) is 0.940. The minimum absolute atomic E-state index is 0.402. The Labute approximate surface area is 109 Å². The van der Waals surface area contributed by atoms with Crippen molar-refractivity contribution in [1.29, 1.82) is 0 Å². The van der Waals surface area contributed by atoms with Gasteiger partial charge in [0.2, 0.25) is 0 Å². The Hall–Kier alpha value is -1.20. The van der Waals surface area contributed by atoms with E-state index in [0.29, 0.717) is 6.04 Å². The fourth-order valence-electron chi connectivity index (χ4n) is 1.56. The van der Waals surface area contributed by atoms with Gasteiger partial charge in [0.1, 0.15) is 0 Å². The van der Waals surface area contributed by atoms with Crippen LogP contribution >= 0.6 is 15.9 Å². The zero-order valence-electron chi connectivity index (χ0n) is 9.89. The van der Waals surface area contributed by atoms with E-state index in [1.54, 1.807) is 4.68 Å². The molecule has 0 aliphatic rings. The van der Waals surface area contributed by atoms with Crippen LogP contribution in [-0.4, -0.2) is 28.1 Å². The number of hydrogen-bond acceptors (Lipinski definition) is 3. The van der Waals surface area contributed by atoms with Crippen LogP contribution in [0, 0.1) is 0 Å². The lowest BCUT2D eigenvalue weighted by atomic mass is 10.2. The highest BCUT2D eigenvalue weighted by atomic mass is 79.9. The summed E-state index contributed by atoms with van der Waals surface area (Å²) in [5, 5.41) is 11.5. The van der Waals surface area contributed by atoms with Crippen LogP contribution in [-0.2, 0) is 6.42 Å². The van der Waals surface area contributed by atoms with Crippen molar-refractivity contribution in [2.24, 2.45) is 0 Å². The van der Waals surface area contributed by atoms with Crippen LogP contribution in [0.1, 0.15) is 12.6 Å². The molecule has 0 saturated heterocycles. The molecule has 5 heteroatoms. The lowest BCUT2D eigenvalue weighted by Gasteiger charge is -2.06. The Morgan fingerprint density at radius 2 is 2.18 bits per heavy atom. The van der Waals surface area contributed by atoms with Crippen molar-refractivity contribution in [3.63, 3.8) is 0 Å². The molecular weight excluding hydrogens is 280 g/mol. The maximum absolute atomic E-state index is 4.17. The van der Waals surface area contributed by atoms with Gasteiger partial charge in [-0.3, -0.25) is 0 Å². The monoisotopic (exact) mass is 294 g/mol. The van der Waals surface area contributed by atoms with E-state index in [-0.39, 0.29) is 0 Å². The maximum Gasteiger partial charge on any atom is 0.0847 e. The zero-order chi connectivity index (χ0) is 12.3. The van der Waals surface area contributed by atoms with Crippen molar-refractivity contribution in [1.82, 2.24) is 20.3 Å². The van der Waals surface area contributed by atoms with Crippen molar-refractivity contribution in [3.8, 4) is 5.69 Å². The van der Waals surface area contributed by atoms with Crippen LogP contribution < -0.4 is 5.32 Å². The highest BCUT2D eigenvalue weighted by molar-refractivity contribution is 9.10. The van der Waals surface area contributed by atoms with E-state index >= 15 is 0 Å². The molecule has 1 unspecified atom stereocenters. The molecule has 2 rings (SSSR count). The lowest BCUT2D eigenvalue weighted by Crippen LogP contribution is -2.23. The van der Waals surface area contributed by atoms with E-state index < -0.39 is 0 Å². The molecule has 1 atom stereocenters. The molecule has 1 aromatic carbocycles. The number of benzene rings is 1. The SMILES string of the molecule is CNC(C)Cc1cn(-c2ccccc2Br)nn1. The first-order valence-electron chi connectivity index (χ1n) is 5.54. The summed E-state index contributed by atoms with van der Waals surface area (Å²) in [6.45, 7) is 2.12. The van der Waals surface area contributed by atoms with Crippen LogP contribution in [0.4, 0.5) is 0 Å². The van der Waals surface area contributed by atoms with Gasteiger partial charge in [-0.15, -0.1) is 5.10 Å². The molecule has 1 N–H and O–H groups in total. The zero-order valence-corrected chi connectivity index (χ0v) is 11.5. The number of nitrogens with one attached hydrogen (secondary N) is 1. The summed E-state index contributed by atoms with van der Waals surface area (Å²) in [6.07, 6.45) is 2.84. The van der Waals surface area contributed by atoms with E-state index in [2.05, 4.69) is 38.5 Å². The number of hydrogen-bond donors (Lipinski definition) is 1. The number of aromatic nitrogens is 3. The van der Waals surface area contributed by atoms with Gasteiger partial charge in [0.05, 0.1) is 17.6 Å². The molecule has 0 fully saturated rings. The van der Waals surface area contributed by atoms with E-state index in [1.807, 2.05) is 37.5 Å². The van der Waals surface area contributed by atoms with Crippen LogP contribution in [0.15, 0.2) is 34.9 Å². The topological polar surface area (TPSA) is 42.7 Å². The van der Waals surface area contributed by atoms with Gasteiger partial charge in [0, 0.05) is 16.9 Å². The molecule has 4 nitrogen and oxygen atoms in total. The van der Waals surface area contributed by atoms with Crippen molar-refractivity contribution in [3.05, 3.63) is 40.6 Å². The third kappa shape index (κ3) is 2.92. The number of rotatable bonds is 4. The number of halogens is 1. The van der Waals surface area contributed by atoms with Gasteiger partial charge in [0.25, 0.3) is 0 Å². The van der Waals surface area contributed by atoms with Gasteiger partial charge >= 0.3 is 0 Å². The van der Waals surface area contributed by atoms with Gasteiger partial charge < -0.3 is 5.32 Å². The fourth-order valence-corrected chi connectivity index (χ4v) is 2.03. The highest BCUT2D eigenvalue weighted by Gasteiger charge is 2.07.